The van der Waals surface area contributed by atoms with Crippen LogP contribution in [0.4, 0.5) is 11.4 Å². The molecule has 2 aliphatic heterocycles. The minimum absolute atomic E-state index is 0.0120. The highest BCUT2D eigenvalue weighted by Crippen LogP contribution is 2.27. The number of rotatable bonds is 1. The lowest BCUT2D eigenvalue weighted by atomic mass is 9.97. The summed E-state index contributed by atoms with van der Waals surface area (Å²) >= 11 is 1.96. The summed E-state index contributed by atoms with van der Waals surface area (Å²) in [7, 11) is 0. The van der Waals surface area contributed by atoms with Gasteiger partial charge in [0.1, 0.15) is 0 Å². The molecule has 2 aliphatic rings. The highest BCUT2D eigenvalue weighted by atomic mass is 32.2. The fourth-order valence-corrected chi connectivity index (χ4v) is 3.52. The molecular formula is C13H17N3OS. The molecule has 0 bridgehead atoms. The Hall–Kier alpha value is -1.20. The van der Waals surface area contributed by atoms with E-state index in [-0.39, 0.29) is 11.9 Å². The molecule has 1 atom stereocenters. The predicted molar refractivity (Wildman–Crippen MR) is 75.9 cm³/mol. The van der Waals surface area contributed by atoms with Crippen molar-refractivity contribution in [2.75, 3.05) is 35.6 Å². The van der Waals surface area contributed by atoms with Crippen molar-refractivity contribution in [2.45, 2.75) is 12.5 Å². The third kappa shape index (κ3) is 2.20. The van der Waals surface area contributed by atoms with Gasteiger partial charge in [0.2, 0.25) is 5.91 Å². The zero-order chi connectivity index (χ0) is 12.5. The number of fused-ring (bicyclic) bond motifs is 1. The normalized spacial score (nSPS) is 24.4. The van der Waals surface area contributed by atoms with Crippen LogP contribution in [0.2, 0.25) is 0 Å². The third-order valence-corrected chi connectivity index (χ3v) is 4.54. The topological polar surface area (TPSA) is 58.4 Å². The standard InChI is InChI=1S/C13H17N3OS/c14-10-2-1-9-7-12(13(17)15-11(9)8-10)16-3-5-18-6-4-16/h1-2,8,12H,3-7,14H2,(H,15,17). The number of amides is 1. The summed E-state index contributed by atoms with van der Waals surface area (Å²) in [4.78, 5) is 14.5. The Balaban J connectivity index is 1.82. The van der Waals surface area contributed by atoms with Crippen molar-refractivity contribution in [1.29, 1.82) is 0 Å². The summed E-state index contributed by atoms with van der Waals surface area (Å²) in [5.41, 5.74) is 8.50. The third-order valence-electron chi connectivity index (χ3n) is 3.59. The lowest BCUT2D eigenvalue weighted by molar-refractivity contribution is -0.121. The molecule has 1 saturated heterocycles. The first-order valence-electron chi connectivity index (χ1n) is 6.25. The first-order chi connectivity index (χ1) is 8.74. The summed E-state index contributed by atoms with van der Waals surface area (Å²) in [5.74, 6) is 2.36. The summed E-state index contributed by atoms with van der Waals surface area (Å²) in [5, 5.41) is 2.98. The van der Waals surface area contributed by atoms with Crippen molar-refractivity contribution in [3.8, 4) is 0 Å². The van der Waals surface area contributed by atoms with Crippen LogP contribution >= 0.6 is 11.8 Å². The Morgan fingerprint density at radius 1 is 1.33 bits per heavy atom. The fourth-order valence-electron chi connectivity index (χ4n) is 2.59. The van der Waals surface area contributed by atoms with Crippen molar-refractivity contribution in [3.05, 3.63) is 23.8 Å². The lowest BCUT2D eigenvalue weighted by Crippen LogP contribution is -2.50. The first-order valence-corrected chi connectivity index (χ1v) is 7.40. The smallest absolute Gasteiger partial charge is 0.242 e. The van der Waals surface area contributed by atoms with Crippen molar-refractivity contribution < 1.29 is 4.79 Å². The summed E-state index contributed by atoms with van der Waals surface area (Å²) in [6, 6.07) is 5.76. The molecule has 0 radical (unpaired) electrons. The van der Waals surface area contributed by atoms with Crippen LogP contribution in [-0.4, -0.2) is 41.4 Å². The SMILES string of the molecule is Nc1ccc2c(c1)NC(=O)C(N1CCSCC1)C2. The Morgan fingerprint density at radius 2 is 2.11 bits per heavy atom. The van der Waals surface area contributed by atoms with Crippen LogP contribution in [0.5, 0.6) is 0 Å². The van der Waals surface area contributed by atoms with E-state index in [4.69, 9.17) is 5.73 Å². The fraction of sp³-hybridized carbons (Fsp3) is 0.462. The van der Waals surface area contributed by atoms with Crippen LogP contribution in [0.1, 0.15) is 5.56 Å². The highest BCUT2D eigenvalue weighted by Gasteiger charge is 2.31. The lowest BCUT2D eigenvalue weighted by Gasteiger charge is -2.36. The maximum atomic E-state index is 12.2. The zero-order valence-corrected chi connectivity index (χ0v) is 11.0. The number of nitrogens with one attached hydrogen (secondary N) is 1. The van der Waals surface area contributed by atoms with Gasteiger partial charge < -0.3 is 11.1 Å². The van der Waals surface area contributed by atoms with E-state index in [0.717, 1.165) is 36.7 Å². The van der Waals surface area contributed by atoms with Gasteiger partial charge in [0, 0.05) is 36.0 Å². The van der Waals surface area contributed by atoms with Gasteiger partial charge in [-0.25, -0.2) is 0 Å². The van der Waals surface area contributed by atoms with Crippen molar-refractivity contribution in [2.24, 2.45) is 0 Å². The maximum absolute atomic E-state index is 12.2. The van der Waals surface area contributed by atoms with E-state index < -0.39 is 0 Å². The highest BCUT2D eigenvalue weighted by molar-refractivity contribution is 7.99. The molecule has 3 N–H and O–H groups in total. The molecule has 5 heteroatoms. The van der Waals surface area contributed by atoms with E-state index in [1.165, 1.54) is 5.56 Å². The first kappa shape index (κ1) is 11.9. The molecule has 0 spiro atoms. The van der Waals surface area contributed by atoms with Crippen LogP contribution in [0.3, 0.4) is 0 Å². The van der Waals surface area contributed by atoms with Gasteiger partial charge >= 0.3 is 0 Å². The van der Waals surface area contributed by atoms with E-state index >= 15 is 0 Å². The molecule has 0 aromatic heterocycles. The summed E-state index contributed by atoms with van der Waals surface area (Å²) in [6.07, 6.45) is 0.798. The van der Waals surface area contributed by atoms with Crippen molar-refractivity contribution in [1.82, 2.24) is 4.90 Å². The monoisotopic (exact) mass is 263 g/mol. The van der Waals surface area contributed by atoms with Gasteiger partial charge in [0.15, 0.2) is 0 Å². The van der Waals surface area contributed by atoms with Crippen molar-refractivity contribution in [3.63, 3.8) is 0 Å². The van der Waals surface area contributed by atoms with E-state index in [1.807, 2.05) is 30.0 Å². The van der Waals surface area contributed by atoms with Crippen LogP contribution < -0.4 is 11.1 Å². The van der Waals surface area contributed by atoms with Crippen LogP contribution in [0, 0.1) is 0 Å². The van der Waals surface area contributed by atoms with E-state index in [9.17, 15) is 4.79 Å². The van der Waals surface area contributed by atoms with Gasteiger partial charge in [-0.15, -0.1) is 0 Å². The van der Waals surface area contributed by atoms with Crippen molar-refractivity contribution >= 4 is 29.0 Å². The van der Waals surface area contributed by atoms with Crippen LogP contribution in [0.25, 0.3) is 0 Å². The van der Waals surface area contributed by atoms with Crippen LogP contribution in [0.15, 0.2) is 18.2 Å². The Kier molecular flexibility index (Phi) is 3.18. The molecule has 2 heterocycles. The molecule has 0 saturated carbocycles. The number of benzene rings is 1. The van der Waals surface area contributed by atoms with E-state index in [0.29, 0.717) is 5.69 Å². The molecule has 3 rings (SSSR count). The molecule has 96 valence electrons. The predicted octanol–water partition coefficient (Wildman–Crippen LogP) is 1.18. The Morgan fingerprint density at radius 3 is 2.89 bits per heavy atom. The molecule has 1 aromatic rings. The minimum Gasteiger partial charge on any atom is -0.399 e. The quantitative estimate of drug-likeness (QED) is 0.747. The molecule has 0 aliphatic carbocycles. The largest absolute Gasteiger partial charge is 0.399 e. The second kappa shape index (κ2) is 4.82. The number of anilines is 2. The molecule has 1 amide bonds. The molecular weight excluding hydrogens is 246 g/mol. The molecule has 1 fully saturated rings. The number of thioether (sulfide) groups is 1. The average Bonchev–Trinajstić information content (AvgIpc) is 2.39. The van der Waals surface area contributed by atoms with E-state index in [2.05, 4.69) is 10.2 Å². The second-order valence-corrected chi connectivity index (χ2v) is 6.00. The van der Waals surface area contributed by atoms with Gasteiger partial charge in [0.25, 0.3) is 0 Å². The van der Waals surface area contributed by atoms with E-state index in [1.54, 1.807) is 0 Å². The Bertz CT molecular complexity index is 471. The molecule has 1 aromatic carbocycles. The number of nitrogen functional groups attached to an aromatic ring is 1. The van der Waals surface area contributed by atoms with Crippen LogP contribution in [-0.2, 0) is 11.2 Å². The van der Waals surface area contributed by atoms with Gasteiger partial charge in [-0.3, -0.25) is 9.69 Å². The second-order valence-electron chi connectivity index (χ2n) is 4.77. The Labute approximate surface area is 111 Å². The number of nitrogens with zero attached hydrogens (tertiary/aromatic N) is 1. The summed E-state index contributed by atoms with van der Waals surface area (Å²) < 4.78 is 0. The molecule has 1 unspecified atom stereocenters. The molecule has 4 nitrogen and oxygen atoms in total. The number of carbonyl (C=O) groups excluding carboxylic acids is 1. The average molecular weight is 263 g/mol. The van der Waals surface area contributed by atoms with Gasteiger partial charge in [-0.1, -0.05) is 6.07 Å². The number of hydrogen-bond donors (Lipinski definition) is 2. The van der Waals surface area contributed by atoms with Gasteiger partial charge in [-0.05, 0) is 24.1 Å². The number of hydrogen-bond acceptors (Lipinski definition) is 4. The number of nitrogens with two attached hydrogens (primary N) is 1. The maximum Gasteiger partial charge on any atom is 0.242 e. The molecule has 18 heavy (non-hydrogen) atoms. The zero-order valence-electron chi connectivity index (χ0n) is 10.2. The van der Waals surface area contributed by atoms with Gasteiger partial charge in [-0.2, -0.15) is 11.8 Å². The van der Waals surface area contributed by atoms with Gasteiger partial charge in [0.05, 0.1) is 6.04 Å². The minimum atomic E-state index is -0.0120. The number of carbonyl (C=O) groups is 1. The summed E-state index contributed by atoms with van der Waals surface area (Å²) in [6.45, 7) is 2.01.